The maximum absolute atomic E-state index is 11.2. The lowest BCUT2D eigenvalue weighted by molar-refractivity contribution is -0.137. The van der Waals surface area contributed by atoms with Crippen molar-refractivity contribution in [3.8, 4) is 0 Å². The van der Waals surface area contributed by atoms with Crippen LogP contribution in [0.2, 0.25) is 0 Å². The van der Waals surface area contributed by atoms with Crippen LogP contribution in [0.5, 0.6) is 0 Å². The zero-order chi connectivity index (χ0) is 11.4. The highest BCUT2D eigenvalue weighted by Gasteiger charge is 2.12. The van der Waals surface area contributed by atoms with Gasteiger partial charge in [-0.2, -0.15) is 0 Å². The molecule has 2 N–H and O–H groups in total. The fraction of sp³-hybridized carbons (Fsp3) is 0.250. The summed E-state index contributed by atoms with van der Waals surface area (Å²) in [5.74, 6) is -1.79. The summed E-state index contributed by atoms with van der Waals surface area (Å²) < 4.78 is 4.29. The fourth-order valence-electron chi connectivity index (χ4n) is 0.809. The van der Waals surface area contributed by atoms with Gasteiger partial charge in [-0.15, -0.1) is 0 Å². The molecule has 1 rings (SSSR count). The van der Waals surface area contributed by atoms with E-state index in [4.69, 9.17) is 0 Å². The smallest absolute Gasteiger partial charge is 0.362 e. The average Bonchev–Trinajstić information content (AvgIpc) is 2.16. The van der Waals surface area contributed by atoms with Crippen molar-refractivity contribution in [2.24, 2.45) is 0 Å². The molecular formula is C8H8N2O5. The normalized spacial score (nSPS) is 9.67. The molecule has 0 spiro atoms. The molecule has 0 aromatic carbocycles. The molecule has 0 saturated heterocycles. The van der Waals surface area contributed by atoms with Gasteiger partial charge in [-0.3, -0.25) is 14.6 Å². The van der Waals surface area contributed by atoms with Crippen LogP contribution in [0, 0.1) is 0 Å². The van der Waals surface area contributed by atoms with E-state index in [1.54, 1.807) is 0 Å². The van der Waals surface area contributed by atoms with E-state index in [9.17, 15) is 19.2 Å². The van der Waals surface area contributed by atoms with Crippen molar-refractivity contribution in [2.75, 3.05) is 0 Å². The van der Waals surface area contributed by atoms with Gasteiger partial charge in [0, 0.05) is 12.5 Å². The molecule has 0 aliphatic carbocycles. The number of carbonyl (C=O) groups excluding carboxylic acids is 2. The largest absolute Gasteiger partial charge is 0.388 e. The van der Waals surface area contributed by atoms with Gasteiger partial charge >= 0.3 is 17.6 Å². The summed E-state index contributed by atoms with van der Waals surface area (Å²) in [5, 5.41) is 0. The Bertz CT molecular complexity index is 470. The number of carbonyl (C=O) groups is 2. The minimum atomic E-state index is -1.05. The van der Waals surface area contributed by atoms with Crippen molar-refractivity contribution in [3.05, 3.63) is 32.6 Å². The van der Waals surface area contributed by atoms with Gasteiger partial charge in [0.15, 0.2) is 0 Å². The van der Waals surface area contributed by atoms with Crippen LogP contribution in [0.25, 0.3) is 0 Å². The molecule has 0 bridgehead atoms. The maximum atomic E-state index is 11.2. The second-order valence-electron chi connectivity index (χ2n) is 2.62. The Morgan fingerprint density at radius 1 is 1.33 bits per heavy atom. The van der Waals surface area contributed by atoms with Crippen LogP contribution in [0.3, 0.4) is 0 Å². The Hall–Kier alpha value is -2.18. The van der Waals surface area contributed by atoms with E-state index in [0.29, 0.717) is 0 Å². The Balaban J connectivity index is 2.97. The van der Waals surface area contributed by atoms with Crippen molar-refractivity contribution in [1.82, 2.24) is 9.97 Å². The first-order valence-electron chi connectivity index (χ1n) is 4.11. The molecule has 0 atom stereocenters. The summed E-state index contributed by atoms with van der Waals surface area (Å²) in [4.78, 5) is 47.4. The van der Waals surface area contributed by atoms with Gasteiger partial charge in [-0.05, 0) is 0 Å². The molecule has 1 aromatic heterocycles. The van der Waals surface area contributed by atoms with Crippen LogP contribution >= 0.6 is 0 Å². The third-order valence-corrected chi connectivity index (χ3v) is 1.48. The van der Waals surface area contributed by atoms with Crippen LogP contribution < -0.4 is 11.2 Å². The molecule has 7 heteroatoms. The first kappa shape index (κ1) is 10.9. The van der Waals surface area contributed by atoms with Crippen molar-refractivity contribution >= 4 is 11.9 Å². The standard InChI is InChI=1S/C8H8N2O5/c1-2-6(12)15-7(13)4-3-5(11)10-8(14)9-4/h3H,2H2,1H3,(H2,9,10,11,14). The Labute approximate surface area is 83.1 Å². The summed E-state index contributed by atoms with van der Waals surface area (Å²) in [6.45, 7) is 1.51. The molecule has 0 radical (unpaired) electrons. The van der Waals surface area contributed by atoms with Crippen LogP contribution in [0.15, 0.2) is 15.7 Å². The molecular weight excluding hydrogens is 204 g/mol. The Kier molecular flexibility index (Phi) is 3.17. The zero-order valence-corrected chi connectivity index (χ0v) is 7.83. The first-order chi connectivity index (χ1) is 7.02. The first-order valence-corrected chi connectivity index (χ1v) is 4.11. The molecule has 0 unspecified atom stereocenters. The van der Waals surface area contributed by atoms with Crippen molar-refractivity contribution < 1.29 is 14.3 Å². The lowest BCUT2D eigenvalue weighted by Crippen LogP contribution is -2.26. The highest BCUT2D eigenvalue weighted by atomic mass is 16.6. The van der Waals surface area contributed by atoms with E-state index in [1.807, 2.05) is 9.97 Å². The number of nitrogens with one attached hydrogen (secondary N) is 2. The molecule has 0 saturated carbocycles. The van der Waals surface area contributed by atoms with Gasteiger partial charge in [-0.1, -0.05) is 6.92 Å². The molecule has 1 aromatic rings. The molecule has 1 heterocycles. The lowest BCUT2D eigenvalue weighted by atomic mass is 10.4. The van der Waals surface area contributed by atoms with Crippen molar-refractivity contribution in [2.45, 2.75) is 13.3 Å². The van der Waals surface area contributed by atoms with Crippen molar-refractivity contribution in [3.63, 3.8) is 0 Å². The summed E-state index contributed by atoms with van der Waals surface area (Å²) in [6, 6.07) is 0.840. The minimum Gasteiger partial charge on any atom is -0.388 e. The van der Waals surface area contributed by atoms with Gasteiger partial charge in [0.1, 0.15) is 5.69 Å². The number of hydrogen-bond acceptors (Lipinski definition) is 5. The SMILES string of the molecule is CCC(=O)OC(=O)c1cc(=O)[nH]c(=O)[nH]1. The number of rotatable bonds is 2. The molecule has 15 heavy (non-hydrogen) atoms. The highest BCUT2D eigenvalue weighted by molar-refractivity contribution is 5.95. The number of ether oxygens (including phenoxy) is 1. The van der Waals surface area contributed by atoms with Gasteiger partial charge in [0.25, 0.3) is 5.56 Å². The molecule has 0 amide bonds. The summed E-state index contributed by atoms with van der Waals surface area (Å²) in [7, 11) is 0. The van der Waals surface area contributed by atoms with Gasteiger partial charge in [-0.25, -0.2) is 9.59 Å². The highest BCUT2D eigenvalue weighted by Crippen LogP contribution is 1.93. The zero-order valence-electron chi connectivity index (χ0n) is 7.83. The van der Waals surface area contributed by atoms with Crippen LogP contribution in [0.1, 0.15) is 23.8 Å². The van der Waals surface area contributed by atoms with E-state index >= 15 is 0 Å². The van der Waals surface area contributed by atoms with Gasteiger partial charge in [0.05, 0.1) is 0 Å². The maximum Gasteiger partial charge on any atom is 0.362 e. The minimum absolute atomic E-state index is 0.0269. The topological polar surface area (TPSA) is 109 Å². The second kappa shape index (κ2) is 4.36. The summed E-state index contributed by atoms with van der Waals surface area (Å²) in [5.41, 5.74) is -1.93. The molecule has 0 aliphatic rings. The van der Waals surface area contributed by atoms with E-state index < -0.39 is 23.2 Å². The lowest BCUT2D eigenvalue weighted by Gasteiger charge is -1.99. The van der Waals surface area contributed by atoms with Crippen LogP contribution in [0.4, 0.5) is 0 Å². The van der Waals surface area contributed by atoms with E-state index in [-0.39, 0.29) is 12.1 Å². The fourth-order valence-corrected chi connectivity index (χ4v) is 0.809. The predicted molar refractivity (Wildman–Crippen MR) is 48.4 cm³/mol. The van der Waals surface area contributed by atoms with Gasteiger partial charge < -0.3 is 9.72 Å². The number of hydrogen-bond donors (Lipinski definition) is 2. The molecule has 0 fully saturated rings. The number of esters is 2. The number of aromatic nitrogens is 2. The quantitative estimate of drug-likeness (QED) is 0.490. The second-order valence-corrected chi connectivity index (χ2v) is 2.62. The average molecular weight is 212 g/mol. The molecule has 0 aliphatic heterocycles. The third-order valence-electron chi connectivity index (χ3n) is 1.48. The van der Waals surface area contributed by atoms with E-state index in [2.05, 4.69) is 4.74 Å². The monoisotopic (exact) mass is 212 g/mol. The van der Waals surface area contributed by atoms with E-state index in [1.165, 1.54) is 6.92 Å². The van der Waals surface area contributed by atoms with Gasteiger partial charge in [0.2, 0.25) is 0 Å². The summed E-state index contributed by atoms with van der Waals surface area (Å²) in [6.07, 6.45) is 0.0269. The van der Waals surface area contributed by atoms with Crippen LogP contribution in [-0.4, -0.2) is 21.9 Å². The van der Waals surface area contributed by atoms with Crippen LogP contribution in [-0.2, 0) is 9.53 Å². The Morgan fingerprint density at radius 2 is 2.00 bits per heavy atom. The van der Waals surface area contributed by atoms with E-state index in [0.717, 1.165) is 6.07 Å². The predicted octanol–water partition coefficient (Wildman–Crippen LogP) is -0.843. The number of aromatic amines is 2. The third kappa shape index (κ3) is 2.90. The molecule has 80 valence electrons. The summed E-state index contributed by atoms with van der Waals surface area (Å²) >= 11 is 0. The number of H-pyrrole nitrogens is 2. The Morgan fingerprint density at radius 3 is 2.53 bits per heavy atom. The molecule has 7 nitrogen and oxygen atoms in total. The van der Waals surface area contributed by atoms with Crippen molar-refractivity contribution in [1.29, 1.82) is 0 Å².